The predicted molar refractivity (Wildman–Crippen MR) is 115 cm³/mol. The Bertz CT molecular complexity index is 1050. The molecule has 1 atom stereocenters. The molecule has 2 aromatic heterocycles. The van der Waals surface area contributed by atoms with Crippen molar-refractivity contribution in [2.45, 2.75) is 39.8 Å². The van der Waals surface area contributed by atoms with Gasteiger partial charge in [0.15, 0.2) is 12.4 Å². The number of benzene rings is 1. The van der Waals surface area contributed by atoms with Gasteiger partial charge in [0.05, 0.1) is 24.4 Å². The molecule has 0 spiro atoms. The number of rotatable bonds is 9. The number of nitrogens with one attached hydrogen (secondary N) is 1. The van der Waals surface area contributed by atoms with Crippen LogP contribution >= 0.6 is 0 Å². The number of amides is 1. The SMILES string of the molecule is CC(=O)[C@H](Cc1ccccc1)NC(=O)COC(=O)c1cc(C)n(Cc2ccco2)c1C. The van der Waals surface area contributed by atoms with Gasteiger partial charge in [-0.2, -0.15) is 0 Å². The Morgan fingerprint density at radius 3 is 2.48 bits per heavy atom. The van der Waals surface area contributed by atoms with Crippen LogP contribution in [-0.2, 0) is 27.3 Å². The number of aromatic nitrogens is 1. The summed E-state index contributed by atoms with van der Waals surface area (Å²) in [4.78, 5) is 36.8. The highest BCUT2D eigenvalue weighted by Crippen LogP contribution is 2.18. The van der Waals surface area contributed by atoms with Crippen LogP contribution in [0.25, 0.3) is 0 Å². The van der Waals surface area contributed by atoms with E-state index < -0.39 is 24.5 Å². The molecule has 0 fully saturated rings. The van der Waals surface area contributed by atoms with Crippen LogP contribution in [0.4, 0.5) is 0 Å². The Hall–Kier alpha value is -3.61. The van der Waals surface area contributed by atoms with Gasteiger partial charge in [-0.05, 0) is 51.0 Å². The van der Waals surface area contributed by atoms with Crippen molar-refractivity contribution >= 4 is 17.7 Å². The molecule has 0 aliphatic carbocycles. The predicted octanol–water partition coefficient (Wildman–Crippen LogP) is 3.22. The van der Waals surface area contributed by atoms with E-state index in [0.717, 1.165) is 22.7 Å². The summed E-state index contributed by atoms with van der Waals surface area (Å²) in [6.07, 6.45) is 1.98. The van der Waals surface area contributed by atoms with Gasteiger partial charge in [-0.25, -0.2) is 4.79 Å². The summed E-state index contributed by atoms with van der Waals surface area (Å²) < 4.78 is 12.5. The topological polar surface area (TPSA) is 90.5 Å². The number of esters is 1. The molecule has 3 rings (SSSR count). The first-order valence-electron chi connectivity index (χ1n) is 10.0. The number of carbonyl (C=O) groups excluding carboxylic acids is 3. The molecule has 1 N–H and O–H groups in total. The maximum absolute atomic E-state index is 12.5. The van der Waals surface area contributed by atoms with E-state index in [4.69, 9.17) is 9.15 Å². The number of furan rings is 1. The van der Waals surface area contributed by atoms with Gasteiger partial charge >= 0.3 is 5.97 Å². The number of nitrogens with zero attached hydrogens (tertiary/aromatic N) is 1. The molecular formula is C24H26N2O5. The third kappa shape index (κ3) is 5.72. The highest BCUT2D eigenvalue weighted by molar-refractivity contribution is 5.93. The first kappa shape index (κ1) is 22.1. The second-order valence-electron chi connectivity index (χ2n) is 7.45. The van der Waals surface area contributed by atoms with Crippen molar-refractivity contribution in [1.82, 2.24) is 9.88 Å². The minimum atomic E-state index is -0.674. The molecule has 7 heteroatoms. The molecule has 0 radical (unpaired) electrons. The molecule has 0 aliphatic heterocycles. The molecule has 2 heterocycles. The third-order valence-corrected chi connectivity index (χ3v) is 5.13. The summed E-state index contributed by atoms with van der Waals surface area (Å²) in [7, 11) is 0. The van der Waals surface area contributed by atoms with E-state index in [1.54, 1.807) is 12.3 Å². The highest BCUT2D eigenvalue weighted by atomic mass is 16.5. The number of ketones is 1. The summed E-state index contributed by atoms with van der Waals surface area (Å²) in [5.74, 6) is -0.495. The van der Waals surface area contributed by atoms with Gasteiger partial charge in [0.1, 0.15) is 5.76 Å². The van der Waals surface area contributed by atoms with Crippen LogP contribution in [0.15, 0.2) is 59.2 Å². The number of aryl methyl sites for hydroxylation is 1. The van der Waals surface area contributed by atoms with Gasteiger partial charge in [0.25, 0.3) is 5.91 Å². The lowest BCUT2D eigenvalue weighted by Gasteiger charge is -2.16. The van der Waals surface area contributed by atoms with Crippen molar-refractivity contribution in [1.29, 1.82) is 0 Å². The van der Waals surface area contributed by atoms with Gasteiger partial charge in [-0.3, -0.25) is 9.59 Å². The number of hydrogen-bond donors (Lipinski definition) is 1. The molecule has 0 aliphatic rings. The fourth-order valence-electron chi connectivity index (χ4n) is 3.40. The minimum absolute atomic E-state index is 0.162. The first-order chi connectivity index (χ1) is 14.8. The summed E-state index contributed by atoms with van der Waals surface area (Å²) in [6, 6.07) is 14.1. The maximum Gasteiger partial charge on any atom is 0.340 e. The van der Waals surface area contributed by atoms with E-state index >= 15 is 0 Å². The van der Waals surface area contributed by atoms with E-state index in [1.165, 1.54) is 6.92 Å². The van der Waals surface area contributed by atoms with Gasteiger partial charge in [-0.15, -0.1) is 0 Å². The summed E-state index contributed by atoms with van der Waals surface area (Å²) in [6.45, 7) is 5.17. The molecule has 7 nitrogen and oxygen atoms in total. The Balaban J connectivity index is 1.58. The number of ether oxygens (including phenoxy) is 1. The van der Waals surface area contributed by atoms with Crippen molar-refractivity contribution in [3.63, 3.8) is 0 Å². The lowest BCUT2D eigenvalue weighted by atomic mass is 10.0. The van der Waals surface area contributed by atoms with Crippen molar-refractivity contribution in [2.24, 2.45) is 0 Å². The van der Waals surface area contributed by atoms with Crippen LogP contribution in [-0.4, -0.2) is 34.9 Å². The van der Waals surface area contributed by atoms with Crippen LogP contribution in [0.2, 0.25) is 0 Å². The third-order valence-electron chi connectivity index (χ3n) is 5.13. The molecular weight excluding hydrogens is 396 g/mol. The van der Waals surface area contributed by atoms with Crippen LogP contribution in [0.1, 0.15) is 40.0 Å². The molecule has 1 aromatic carbocycles. The zero-order valence-electron chi connectivity index (χ0n) is 17.9. The lowest BCUT2D eigenvalue weighted by molar-refractivity contribution is -0.128. The Morgan fingerprint density at radius 1 is 1.10 bits per heavy atom. The molecule has 0 saturated heterocycles. The van der Waals surface area contributed by atoms with E-state index in [9.17, 15) is 14.4 Å². The molecule has 31 heavy (non-hydrogen) atoms. The second-order valence-corrected chi connectivity index (χ2v) is 7.45. The van der Waals surface area contributed by atoms with Crippen LogP contribution < -0.4 is 5.32 Å². The normalized spacial score (nSPS) is 11.7. The number of carbonyl (C=O) groups is 3. The zero-order chi connectivity index (χ0) is 22.4. The van der Waals surface area contributed by atoms with Gasteiger partial charge in [0, 0.05) is 11.4 Å². The van der Waals surface area contributed by atoms with E-state index in [0.29, 0.717) is 18.5 Å². The van der Waals surface area contributed by atoms with Gasteiger partial charge in [-0.1, -0.05) is 30.3 Å². The average molecular weight is 422 g/mol. The summed E-state index contributed by atoms with van der Waals surface area (Å²) in [5.41, 5.74) is 2.93. The van der Waals surface area contributed by atoms with Crippen LogP contribution in [0.3, 0.4) is 0 Å². The van der Waals surface area contributed by atoms with E-state index in [2.05, 4.69) is 5.32 Å². The van der Waals surface area contributed by atoms with Crippen LogP contribution in [0.5, 0.6) is 0 Å². The van der Waals surface area contributed by atoms with Crippen molar-refractivity contribution in [3.8, 4) is 0 Å². The van der Waals surface area contributed by atoms with Gasteiger partial charge < -0.3 is 19.0 Å². The molecule has 1 amide bonds. The monoisotopic (exact) mass is 422 g/mol. The average Bonchev–Trinajstić information content (AvgIpc) is 3.36. The van der Waals surface area contributed by atoms with E-state index in [1.807, 2.05) is 60.9 Å². The minimum Gasteiger partial charge on any atom is -0.467 e. The number of Topliss-reactive ketones (excluding diaryl/α,β-unsaturated/α-hetero) is 1. The van der Waals surface area contributed by atoms with Crippen molar-refractivity contribution in [3.05, 3.63) is 83.1 Å². The Kier molecular flexibility index (Phi) is 7.07. The lowest BCUT2D eigenvalue weighted by Crippen LogP contribution is -2.43. The Labute approximate surface area is 181 Å². The van der Waals surface area contributed by atoms with Crippen molar-refractivity contribution in [2.75, 3.05) is 6.61 Å². The smallest absolute Gasteiger partial charge is 0.340 e. The van der Waals surface area contributed by atoms with Crippen LogP contribution in [0, 0.1) is 13.8 Å². The number of hydrogen-bond acceptors (Lipinski definition) is 5. The molecule has 3 aromatic rings. The molecule has 0 bridgehead atoms. The fourth-order valence-corrected chi connectivity index (χ4v) is 3.40. The zero-order valence-corrected chi connectivity index (χ0v) is 17.9. The highest BCUT2D eigenvalue weighted by Gasteiger charge is 2.21. The molecule has 0 unspecified atom stereocenters. The maximum atomic E-state index is 12.5. The molecule has 0 saturated carbocycles. The largest absolute Gasteiger partial charge is 0.467 e. The Morgan fingerprint density at radius 2 is 1.84 bits per heavy atom. The second kappa shape index (κ2) is 9.93. The quantitative estimate of drug-likeness (QED) is 0.535. The summed E-state index contributed by atoms with van der Waals surface area (Å²) in [5, 5.41) is 2.65. The van der Waals surface area contributed by atoms with Gasteiger partial charge in [0.2, 0.25) is 0 Å². The standard InChI is InChI=1S/C24H26N2O5/c1-16-12-21(17(2)26(16)14-20-10-7-11-30-20)24(29)31-15-23(28)25-22(18(3)27)13-19-8-5-4-6-9-19/h4-12,22H,13-15H2,1-3H3,(H,25,28)/t22-/m0/s1. The fraction of sp³-hybridized carbons (Fsp3) is 0.292. The first-order valence-corrected chi connectivity index (χ1v) is 10.0. The molecule has 162 valence electrons. The van der Waals surface area contributed by atoms with Crippen molar-refractivity contribution < 1.29 is 23.5 Å². The van der Waals surface area contributed by atoms with E-state index in [-0.39, 0.29) is 5.78 Å². The summed E-state index contributed by atoms with van der Waals surface area (Å²) >= 11 is 0.